The molecule has 1 aliphatic rings. The van der Waals surface area contributed by atoms with Crippen LogP contribution in [0, 0.1) is 12.8 Å². The van der Waals surface area contributed by atoms with Crippen LogP contribution in [0.1, 0.15) is 24.0 Å². The van der Waals surface area contributed by atoms with E-state index in [1.54, 1.807) is 17.0 Å². The minimum atomic E-state index is -0.308. The van der Waals surface area contributed by atoms with Gasteiger partial charge in [0.25, 0.3) is 0 Å². The maximum Gasteiger partial charge on any atom is 0.229 e. The van der Waals surface area contributed by atoms with E-state index < -0.39 is 0 Å². The first-order valence-electron chi connectivity index (χ1n) is 8.91. The summed E-state index contributed by atoms with van der Waals surface area (Å²) in [5.74, 6) is -0.368. The van der Waals surface area contributed by atoms with Crippen LogP contribution in [0.25, 0.3) is 0 Å². The number of nitrogens with one attached hydrogen (secondary N) is 1. The number of aryl methyl sites for hydroxylation is 2. The maximum absolute atomic E-state index is 12.5. The molecule has 0 radical (unpaired) electrons. The molecule has 1 saturated heterocycles. The molecule has 0 bridgehead atoms. The van der Waals surface area contributed by atoms with Gasteiger partial charge in [-0.2, -0.15) is 0 Å². The zero-order valence-electron chi connectivity index (χ0n) is 14.9. The highest BCUT2D eigenvalue weighted by molar-refractivity contribution is 6.31. The SMILES string of the molecule is Cc1ccc(Cl)cc1NC(=O)C1CC(=O)N(CCCc2ccccc2)C1. The Balaban J connectivity index is 1.52. The number of hydrogen-bond donors (Lipinski definition) is 1. The second-order valence-corrected chi connectivity index (χ2v) is 7.21. The van der Waals surface area contributed by atoms with Gasteiger partial charge in [0.05, 0.1) is 5.92 Å². The van der Waals surface area contributed by atoms with Gasteiger partial charge in [-0.05, 0) is 43.0 Å². The van der Waals surface area contributed by atoms with Crippen LogP contribution >= 0.6 is 11.6 Å². The summed E-state index contributed by atoms with van der Waals surface area (Å²) in [6.45, 7) is 3.09. The Morgan fingerprint density at radius 1 is 1.23 bits per heavy atom. The van der Waals surface area contributed by atoms with Crippen LogP contribution in [-0.4, -0.2) is 29.8 Å². The Kier molecular flexibility index (Phi) is 5.94. The molecule has 3 rings (SSSR count). The van der Waals surface area contributed by atoms with E-state index in [4.69, 9.17) is 11.6 Å². The lowest BCUT2D eigenvalue weighted by Gasteiger charge is -2.17. The van der Waals surface area contributed by atoms with Crippen molar-refractivity contribution in [3.05, 3.63) is 64.7 Å². The van der Waals surface area contributed by atoms with E-state index in [-0.39, 0.29) is 24.2 Å². The number of carbonyl (C=O) groups is 2. The van der Waals surface area contributed by atoms with Crippen molar-refractivity contribution in [1.29, 1.82) is 0 Å². The Labute approximate surface area is 159 Å². The largest absolute Gasteiger partial charge is 0.342 e. The molecule has 0 aliphatic carbocycles. The second kappa shape index (κ2) is 8.37. The van der Waals surface area contributed by atoms with Crippen LogP contribution in [-0.2, 0) is 16.0 Å². The summed E-state index contributed by atoms with van der Waals surface area (Å²) in [6, 6.07) is 15.6. The molecular weight excluding hydrogens is 348 g/mol. The highest BCUT2D eigenvalue weighted by Gasteiger charge is 2.34. The first kappa shape index (κ1) is 18.5. The number of hydrogen-bond acceptors (Lipinski definition) is 2. The number of rotatable bonds is 6. The quantitative estimate of drug-likeness (QED) is 0.833. The molecule has 1 aliphatic heterocycles. The lowest BCUT2D eigenvalue weighted by Crippen LogP contribution is -2.29. The predicted molar refractivity (Wildman–Crippen MR) is 104 cm³/mol. The molecule has 4 nitrogen and oxygen atoms in total. The third kappa shape index (κ3) is 4.64. The van der Waals surface area contributed by atoms with Gasteiger partial charge in [0, 0.05) is 30.2 Å². The van der Waals surface area contributed by atoms with Gasteiger partial charge in [0.2, 0.25) is 11.8 Å². The average molecular weight is 371 g/mol. The van der Waals surface area contributed by atoms with Gasteiger partial charge in [-0.3, -0.25) is 9.59 Å². The van der Waals surface area contributed by atoms with Gasteiger partial charge in [-0.25, -0.2) is 0 Å². The van der Waals surface area contributed by atoms with Crippen molar-refractivity contribution >= 4 is 29.1 Å². The lowest BCUT2D eigenvalue weighted by molar-refractivity contribution is -0.128. The summed E-state index contributed by atoms with van der Waals surface area (Å²) in [4.78, 5) is 26.6. The molecule has 2 amide bonds. The smallest absolute Gasteiger partial charge is 0.229 e. The minimum Gasteiger partial charge on any atom is -0.342 e. The predicted octanol–water partition coefficient (Wildman–Crippen LogP) is 4.07. The molecule has 0 aromatic heterocycles. The average Bonchev–Trinajstić information content (AvgIpc) is 3.00. The third-order valence-electron chi connectivity index (χ3n) is 4.78. The number of amides is 2. The highest BCUT2D eigenvalue weighted by Crippen LogP contribution is 2.24. The van der Waals surface area contributed by atoms with Crippen LogP contribution in [0.3, 0.4) is 0 Å². The fraction of sp³-hybridized carbons (Fsp3) is 0.333. The second-order valence-electron chi connectivity index (χ2n) is 6.78. The van der Waals surface area contributed by atoms with E-state index in [9.17, 15) is 9.59 Å². The van der Waals surface area contributed by atoms with Crippen molar-refractivity contribution in [2.75, 3.05) is 18.4 Å². The number of nitrogens with zero attached hydrogens (tertiary/aromatic N) is 1. The van der Waals surface area contributed by atoms with Gasteiger partial charge in [0.1, 0.15) is 0 Å². The van der Waals surface area contributed by atoms with E-state index in [2.05, 4.69) is 17.4 Å². The number of likely N-dealkylation sites (tertiary alicyclic amines) is 1. The Morgan fingerprint density at radius 2 is 2.00 bits per heavy atom. The summed E-state index contributed by atoms with van der Waals surface area (Å²) >= 11 is 6.00. The summed E-state index contributed by atoms with van der Waals surface area (Å²) < 4.78 is 0. The van der Waals surface area contributed by atoms with Crippen LogP contribution in [0.15, 0.2) is 48.5 Å². The van der Waals surface area contributed by atoms with Gasteiger partial charge >= 0.3 is 0 Å². The Hall–Kier alpha value is -2.33. The summed E-state index contributed by atoms with van der Waals surface area (Å²) in [6.07, 6.45) is 2.11. The van der Waals surface area contributed by atoms with E-state index in [0.29, 0.717) is 23.8 Å². The van der Waals surface area contributed by atoms with Crippen molar-refractivity contribution < 1.29 is 9.59 Å². The van der Waals surface area contributed by atoms with Crippen LogP contribution in [0.5, 0.6) is 0 Å². The molecule has 0 saturated carbocycles. The van der Waals surface area contributed by atoms with Crippen LogP contribution in [0.2, 0.25) is 5.02 Å². The molecular formula is C21H23ClN2O2. The van der Waals surface area contributed by atoms with E-state index in [1.165, 1.54) is 5.56 Å². The molecule has 1 fully saturated rings. The number of benzene rings is 2. The van der Waals surface area contributed by atoms with Crippen LogP contribution in [0.4, 0.5) is 5.69 Å². The molecule has 1 unspecified atom stereocenters. The van der Waals surface area contributed by atoms with Crippen molar-refractivity contribution in [2.45, 2.75) is 26.2 Å². The fourth-order valence-electron chi connectivity index (χ4n) is 3.25. The normalized spacial score (nSPS) is 16.8. The first-order valence-corrected chi connectivity index (χ1v) is 9.29. The molecule has 2 aromatic rings. The van der Waals surface area contributed by atoms with Crippen molar-refractivity contribution in [3.63, 3.8) is 0 Å². The van der Waals surface area contributed by atoms with Gasteiger partial charge in [0.15, 0.2) is 0 Å². The molecule has 1 N–H and O–H groups in total. The first-order chi connectivity index (χ1) is 12.5. The van der Waals surface area contributed by atoms with E-state index in [0.717, 1.165) is 18.4 Å². The Morgan fingerprint density at radius 3 is 2.77 bits per heavy atom. The molecule has 2 aromatic carbocycles. The molecule has 26 heavy (non-hydrogen) atoms. The number of carbonyl (C=O) groups excluding carboxylic acids is 2. The van der Waals surface area contributed by atoms with Crippen molar-refractivity contribution in [3.8, 4) is 0 Å². The summed E-state index contributed by atoms with van der Waals surface area (Å²) in [7, 11) is 0. The maximum atomic E-state index is 12.5. The fourth-order valence-corrected chi connectivity index (χ4v) is 3.42. The topological polar surface area (TPSA) is 49.4 Å². The zero-order valence-corrected chi connectivity index (χ0v) is 15.6. The van der Waals surface area contributed by atoms with Crippen molar-refractivity contribution in [2.24, 2.45) is 5.92 Å². The standard InChI is InChI=1S/C21H23ClN2O2/c1-15-9-10-18(22)13-19(15)23-21(26)17-12-20(25)24(14-17)11-5-8-16-6-3-2-4-7-16/h2-4,6-7,9-10,13,17H,5,8,11-12,14H2,1H3,(H,23,26). The van der Waals surface area contributed by atoms with Gasteiger partial charge in [-0.15, -0.1) is 0 Å². The van der Waals surface area contributed by atoms with Gasteiger partial charge in [-0.1, -0.05) is 48.0 Å². The zero-order chi connectivity index (χ0) is 18.5. The summed E-state index contributed by atoms with van der Waals surface area (Å²) in [5, 5.41) is 3.49. The van der Waals surface area contributed by atoms with Gasteiger partial charge < -0.3 is 10.2 Å². The lowest BCUT2D eigenvalue weighted by atomic mass is 10.1. The highest BCUT2D eigenvalue weighted by atomic mass is 35.5. The number of anilines is 1. The Bertz CT molecular complexity index is 792. The number of halogens is 1. The molecule has 136 valence electrons. The third-order valence-corrected chi connectivity index (χ3v) is 5.01. The van der Waals surface area contributed by atoms with E-state index in [1.807, 2.05) is 31.2 Å². The monoisotopic (exact) mass is 370 g/mol. The minimum absolute atomic E-state index is 0.0565. The van der Waals surface area contributed by atoms with Crippen LogP contribution < -0.4 is 5.32 Å². The van der Waals surface area contributed by atoms with E-state index >= 15 is 0 Å². The molecule has 1 atom stereocenters. The molecule has 5 heteroatoms. The molecule has 1 heterocycles. The summed E-state index contributed by atoms with van der Waals surface area (Å²) in [5.41, 5.74) is 2.93. The van der Waals surface area contributed by atoms with Crippen molar-refractivity contribution in [1.82, 2.24) is 4.90 Å². The molecule has 0 spiro atoms.